The van der Waals surface area contributed by atoms with Gasteiger partial charge in [-0.1, -0.05) is 6.07 Å². The summed E-state index contributed by atoms with van der Waals surface area (Å²) in [5, 5.41) is 0. The first-order valence-electron chi connectivity index (χ1n) is 3.52. The lowest BCUT2D eigenvalue weighted by Gasteiger charge is -1.94. The Labute approximate surface area is 83.8 Å². The highest BCUT2D eigenvalue weighted by Gasteiger charge is 2.00. The van der Waals surface area contributed by atoms with Crippen LogP contribution in [0.4, 0.5) is 0 Å². The van der Waals surface area contributed by atoms with Gasteiger partial charge in [-0.25, -0.2) is 4.98 Å². The lowest BCUT2D eigenvalue weighted by Crippen LogP contribution is -1.77. The average Bonchev–Trinajstić information content (AvgIpc) is 2.56. The van der Waals surface area contributed by atoms with Crippen LogP contribution in [0.1, 0.15) is 0 Å². The van der Waals surface area contributed by atoms with Gasteiger partial charge in [0.1, 0.15) is 6.26 Å². The van der Waals surface area contributed by atoms with Gasteiger partial charge in [0.05, 0.1) is 6.20 Å². The van der Waals surface area contributed by atoms with Crippen molar-refractivity contribution in [3.05, 3.63) is 40.3 Å². The highest BCUT2D eigenvalue weighted by molar-refractivity contribution is 14.1. The fraction of sp³-hybridized carbons (Fsp3) is 0. The van der Waals surface area contributed by atoms with E-state index in [-0.39, 0.29) is 0 Å². The molecule has 0 spiro atoms. The van der Waals surface area contributed by atoms with E-state index in [1.54, 1.807) is 12.5 Å². The topological polar surface area (TPSA) is 26.0 Å². The summed E-state index contributed by atoms with van der Waals surface area (Å²) in [7, 11) is 0. The van der Waals surface area contributed by atoms with E-state index in [0.29, 0.717) is 5.89 Å². The minimum atomic E-state index is 0.675. The van der Waals surface area contributed by atoms with Gasteiger partial charge in [-0.2, -0.15) is 0 Å². The molecule has 3 heteroatoms. The molecular weight excluding hydrogens is 265 g/mol. The second-order valence-electron chi connectivity index (χ2n) is 2.35. The Bertz CT molecular complexity index is 370. The summed E-state index contributed by atoms with van der Waals surface area (Å²) in [5.41, 5.74) is 1.02. The van der Waals surface area contributed by atoms with Crippen LogP contribution in [-0.4, -0.2) is 4.98 Å². The van der Waals surface area contributed by atoms with Gasteiger partial charge in [0, 0.05) is 9.13 Å². The van der Waals surface area contributed by atoms with Crippen LogP contribution in [0.5, 0.6) is 0 Å². The molecule has 0 aliphatic carbocycles. The first-order chi connectivity index (χ1) is 5.86. The van der Waals surface area contributed by atoms with Crippen LogP contribution in [-0.2, 0) is 0 Å². The second-order valence-corrected chi connectivity index (χ2v) is 3.59. The summed E-state index contributed by atoms with van der Waals surface area (Å²) in [6, 6.07) is 8.04. The van der Waals surface area contributed by atoms with Crippen molar-refractivity contribution in [2.45, 2.75) is 0 Å². The third-order valence-electron chi connectivity index (χ3n) is 1.50. The quantitative estimate of drug-likeness (QED) is 0.745. The van der Waals surface area contributed by atoms with Gasteiger partial charge in [0.2, 0.25) is 5.89 Å². The van der Waals surface area contributed by atoms with Crippen LogP contribution >= 0.6 is 22.6 Å². The number of benzene rings is 1. The van der Waals surface area contributed by atoms with Crippen LogP contribution in [0.3, 0.4) is 0 Å². The van der Waals surface area contributed by atoms with Gasteiger partial charge in [0.15, 0.2) is 0 Å². The lowest BCUT2D eigenvalue weighted by atomic mass is 10.2. The fourth-order valence-corrected chi connectivity index (χ4v) is 1.53. The number of hydrogen-bond donors (Lipinski definition) is 0. The third-order valence-corrected chi connectivity index (χ3v) is 2.17. The molecule has 2 aromatic rings. The van der Waals surface area contributed by atoms with Crippen molar-refractivity contribution in [2.75, 3.05) is 0 Å². The van der Waals surface area contributed by atoms with E-state index < -0.39 is 0 Å². The Balaban J connectivity index is 2.48. The molecule has 0 aliphatic heterocycles. The van der Waals surface area contributed by atoms with Crippen molar-refractivity contribution < 1.29 is 4.42 Å². The summed E-state index contributed by atoms with van der Waals surface area (Å²) in [6.45, 7) is 0. The number of oxazole rings is 1. The first kappa shape index (κ1) is 7.79. The maximum atomic E-state index is 5.16. The fourth-order valence-electron chi connectivity index (χ4n) is 0.988. The zero-order chi connectivity index (χ0) is 8.39. The highest BCUT2D eigenvalue weighted by Crippen LogP contribution is 2.18. The lowest BCUT2D eigenvalue weighted by molar-refractivity contribution is 0.574. The smallest absolute Gasteiger partial charge is 0.225 e. The maximum absolute atomic E-state index is 5.16. The van der Waals surface area contributed by atoms with Crippen LogP contribution in [0.15, 0.2) is 41.1 Å². The summed E-state index contributed by atoms with van der Waals surface area (Å²) in [6.07, 6.45) is 3.23. The Morgan fingerprint density at radius 2 is 2.25 bits per heavy atom. The zero-order valence-corrected chi connectivity index (χ0v) is 8.36. The molecule has 60 valence electrons. The van der Waals surface area contributed by atoms with Crippen molar-refractivity contribution in [1.82, 2.24) is 4.98 Å². The van der Waals surface area contributed by atoms with E-state index in [0.717, 1.165) is 5.56 Å². The molecule has 0 saturated carbocycles. The Hall–Kier alpha value is -0.840. The molecule has 1 heterocycles. The Morgan fingerprint density at radius 3 is 2.92 bits per heavy atom. The number of nitrogens with zero attached hydrogens (tertiary/aromatic N) is 1. The van der Waals surface area contributed by atoms with Gasteiger partial charge in [-0.3, -0.25) is 0 Å². The van der Waals surface area contributed by atoms with Crippen LogP contribution in [0.2, 0.25) is 0 Å². The SMILES string of the molecule is Ic1cccc(-c2ncco2)c1. The van der Waals surface area contributed by atoms with E-state index in [1.807, 2.05) is 24.3 Å². The molecule has 0 amide bonds. The van der Waals surface area contributed by atoms with Gasteiger partial charge >= 0.3 is 0 Å². The molecule has 2 rings (SSSR count). The molecule has 0 saturated heterocycles. The van der Waals surface area contributed by atoms with Gasteiger partial charge in [-0.05, 0) is 40.8 Å². The zero-order valence-electron chi connectivity index (χ0n) is 6.20. The standard InChI is InChI=1S/C9H6INO/c10-8-3-1-2-7(6-8)9-11-4-5-12-9/h1-6H. The Kier molecular flexibility index (Phi) is 2.12. The normalized spacial score (nSPS) is 10.1. The molecule has 0 radical (unpaired) electrons. The minimum absolute atomic E-state index is 0.675. The highest BCUT2D eigenvalue weighted by atomic mass is 127. The van der Waals surface area contributed by atoms with E-state index in [4.69, 9.17) is 4.42 Å². The van der Waals surface area contributed by atoms with Crippen molar-refractivity contribution in [1.29, 1.82) is 0 Å². The summed E-state index contributed by atoms with van der Waals surface area (Å²) in [5.74, 6) is 0.675. The predicted molar refractivity (Wildman–Crippen MR) is 54.7 cm³/mol. The minimum Gasteiger partial charge on any atom is -0.445 e. The second kappa shape index (κ2) is 3.26. The predicted octanol–water partition coefficient (Wildman–Crippen LogP) is 2.95. The van der Waals surface area contributed by atoms with Crippen LogP contribution in [0, 0.1) is 3.57 Å². The molecule has 1 aromatic heterocycles. The molecule has 0 unspecified atom stereocenters. The van der Waals surface area contributed by atoms with Crippen molar-refractivity contribution in [3.8, 4) is 11.5 Å². The largest absolute Gasteiger partial charge is 0.445 e. The van der Waals surface area contributed by atoms with E-state index in [9.17, 15) is 0 Å². The number of hydrogen-bond acceptors (Lipinski definition) is 2. The molecule has 0 bridgehead atoms. The molecule has 1 aromatic carbocycles. The monoisotopic (exact) mass is 271 g/mol. The number of rotatable bonds is 1. The molecule has 0 atom stereocenters. The first-order valence-corrected chi connectivity index (χ1v) is 4.59. The number of halogens is 1. The molecule has 0 aliphatic rings. The Morgan fingerprint density at radius 1 is 1.33 bits per heavy atom. The molecular formula is C9H6INO. The van der Waals surface area contributed by atoms with Crippen LogP contribution < -0.4 is 0 Å². The average molecular weight is 271 g/mol. The van der Waals surface area contributed by atoms with E-state index in [2.05, 4.69) is 27.6 Å². The van der Waals surface area contributed by atoms with Crippen molar-refractivity contribution in [2.24, 2.45) is 0 Å². The summed E-state index contributed by atoms with van der Waals surface area (Å²) in [4.78, 5) is 4.06. The molecule has 12 heavy (non-hydrogen) atoms. The molecule has 0 fully saturated rings. The van der Waals surface area contributed by atoms with E-state index >= 15 is 0 Å². The van der Waals surface area contributed by atoms with Crippen LogP contribution in [0.25, 0.3) is 11.5 Å². The van der Waals surface area contributed by atoms with E-state index in [1.165, 1.54) is 3.57 Å². The summed E-state index contributed by atoms with van der Waals surface area (Å²) < 4.78 is 6.34. The van der Waals surface area contributed by atoms with Crippen molar-refractivity contribution >= 4 is 22.6 Å². The number of aromatic nitrogens is 1. The molecule has 2 nitrogen and oxygen atoms in total. The van der Waals surface area contributed by atoms with Gasteiger partial charge in [0.25, 0.3) is 0 Å². The molecule has 0 N–H and O–H groups in total. The van der Waals surface area contributed by atoms with Gasteiger partial charge in [-0.15, -0.1) is 0 Å². The maximum Gasteiger partial charge on any atom is 0.225 e. The van der Waals surface area contributed by atoms with Gasteiger partial charge < -0.3 is 4.42 Å². The summed E-state index contributed by atoms with van der Waals surface area (Å²) >= 11 is 2.26. The van der Waals surface area contributed by atoms with Crippen molar-refractivity contribution in [3.63, 3.8) is 0 Å². The third kappa shape index (κ3) is 1.50.